The minimum absolute atomic E-state index is 0.0741. The van der Waals surface area contributed by atoms with E-state index in [0.717, 1.165) is 19.3 Å². The second-order valence-electron chi connectivity index (χ2n) is 15.8. The number of alkyl carbamates (subject to hydrolysis) is 1. The highest BCUT2D eigenvalue weighted by molar-refractivity contribution is 6.38. The van der Waals surface area contributed by atoms with Crippen LogP contribution >= 0.6 is 0 Å². The number of nitrogens with two attached hydrogens (primary N) is 1. The van der Waals surface area contributed by atoms with Crippen molar-refractivity contribution in [1.82, 2.24) is 26.2 Å². The van der Waals surface area contributed by atoms with E-state index in [-0.39, 0.29) is 25.3 Å². The van der Waals surface area contributed by atoms with E-state index in [1.165, 1.54) is 4.90 Å². The zero-order valence-corrected chi connectivity index (χ0v) is 32.1. The molecule has 294 valence electrons. The highest BCUT2D eigenvalue weighted by Gasteiger charge is 2.46. The van der Waals surface area contributed by atoms with Crippen molar-refractivity contribution in [1.29, 1.82) is 0 Å². The number of primary amides is 1. The molecule has 1 aromatic carbocycles. The summed E-state index contributed by atoms with van der Waals surface area (Å²) in [6.07, 6.45) is 3.65. The number of carbonyl (C=O) groups is 7. The number of ketones is 1. The number of carbonyl (C=O) groups excluding carboxylic acids is 7. The first-order chi connectivity index (χ1) is 24.8. The fourth-order valence-electron chi connectivity index (χ4n) is 6.74. The number of Topliss-reactive ketones (excluding diaryl/α,β-unsaturated/α-hetero) is 1. The molecule has 53 heavy (non-hydrogen) atoms. The van der Waals surface area contributed by atoms with Crippen LogP contribution in [0.15, 0.2) is 30.3 Å². The van der Waals surface area contributed by atoms with Gasteiger partial charge in [0, 0.05) is 13.0 Å². The van der Waals surface area contributed by atoms with E-state index in [0.29, 0.717) is 24.8 Å². The molecule has 1 aliphatic carbocycles. The molecule has 1 saturated carbocycles. The Balaban J connectivity index is 1.77. The number of hydrogen-bond donors (Lipinski definition) is 5. The zero-order valence-electron chi connectivity index (χ0n) is 32.1. The van der Waals surface area contributed by atoms with Crippen molar-refractivity contribution in [2.24, 2.45) is 11.7 Å². The maximum absolute atomic E-state index is 14.4. The van der Waals surface area contributed by atoms with Crippen molar-refractivity contribution in [3.8, 4) is 0 Å². The summed E-state index contributed by atoms with van der Waals surface area (Å²) in [6.45, 7) is 12.0. The molecule has 1 aromatic rings. The average molecular weight is 743 g/mol. The van der Waals surface area contributed by atoms with Crippen molar-refractivity contribution in [2.75, 3.05) is 13.1 Å². The molecule has 0 aromatic heterocycles. The first-order valence-electron chi connectivity index (χ1n) is 18.5. The van der Waals surface area contributed by atoms with Crippen LogP contribution in [0.3, 0.4) is 0 Å². The van der Waals surface area contributed by atoms with E-state index in [4.69, 9.17) is 15.2 Å². The summed E-state index contributed by atoms with van der Waals surface area (Å²) in [6, 6.07) is 3.89. The molecule has 2 aliphatic rings. The number of nitrogens with one attached hydrogen (secondary N) is 4. The number of rotatable bonds is 15. The minimum atomic E-state index is -1.26. The second kappa shape index (κ2) is 19.0. The highest BCUT2D eigenvalue weighted by Crippen LogP contribution is 2.31. The zero-order chi connectivity index (χ0) is 39.5. The first-order valence-corrected chi connectivity index (χ1v) is 18.5. The SMILES string of the molecule is CCCC(NC(=O)[C@@H]1C[C@@H](OC(C)(C)C)CN1C(=O)[C@@H](NC(=O)OC(C)(C)C)C1CCCCC1)C(=O)C(=O)NCC(=O)N[C@H](C(N)=O)c1ccccc1. The van der Waals surface area contributed by atoms with Gasteiger partial charge in [0.15, 0.2) is 0 Å². The van der Waals surface area contributed by atoms with E-state index in [1.54, 1.807) is 58.0 Å². The Bertz CT molecular complexity index is 1470. The van der Waals surface area contributed by atoms with Gasteiger partial charge in [0.05, 0.1) is 24.3 Å². The largest absolute Gasteiger partial charge is 0.444 e. The van der Waals surface area contributed by atoms with Gasteiger partial charge in [-0.3, -0.25) is 28.8 Å². The van der Waals surface area contributed by atoms with Crippen molar-refractivity contribution < 1.29 is 43.0 Å². The van der Waals surface area contributed by atoms with Gasteiger partial charge in [0.2, 0.25) is 29.4 Å². The fourth-order valence-corrected chi connectivity index (χ4v) is 6.74. The lowest BCUT2D eigenvalue weighted by molar-refractivity contribution is -0.143. The van der Waals surface area contributed by atoms with Crippen LogP contribution in [-0.4, -0.2) is 94.8 Å². The van der Waals surface area contributed by atoms with Crippen LogP contribution in [-0.2, 0) is 38.2 Å². The van der Waals surface area contributed by atoms with E-state index in [1.807, 2.05) is 20.8 Å². The summed E-state index contributed by atoms with van der Waals surface area (Å²) in [5.74, 6) is -4.92. The molecule has 6 N–H and O–H groups in total. The normalized spacial score (nSPS) is 19.6. The number of hydrogen-bond acceptors (Lipinski definition) is 9. The Morgan fingerprint density at radius 1 is 0.887 bits per heavy atom. The summed E-state index contributed by atoms with van der Waals surface area (Å²) in [5, 5.41) is 10.2. The molecule has 5 atom stereocenters. The van der Waals surface area contributed by atoms with Crippen LogP contribution in [0, 0.1) is 5.92 Å². The predicted octanol–water partition coefficient (Wildman–Crippen LogP) is 2.56. The standard InChI is InChI=1S/C38H58N6O9/c1-8-15-26(31(46)34(49)40-21-28(45)42-29(32(39)47)23-16-11-9-12-17-23)41-33(48)27-20-25(52-37(2,3)4)22-44(27)35(50)30(24-18-13-10-14-19-24)43-36(51)53-38(5,6)7/h9,11-12,16-17,24-27,29-30H,8,10,13-15,18-22H2,1-7H3,(H2,39,47)(H,40,49)(H,41,48)(H,42,45)(H,43,51)/t25-,26?,27+,29+,30+/m1/s1. The van der Waals surface area contributed by atoms with Crippen molar-refractivity contribution in [3.05, 3.63) is 35.9 Å². The Morgan fingerprint density at radius 2 is 1.53 bits per heavy atom. The van der Waals surface area contributed by atoms with Gasteiger partial charge in [0.25, 0.3) is 5.91 Å². The number of amides is 6. The second-order valence-corrected chi connectivity index (χ2v) is 15.8. The van der Waals surface area contributed by atoms with Crippen LogP contribution in [0.25, 0.3) is 0 Å². The third-order valence-corrected chi connectivity index (χ3v) is 8.99. The van der Waals surface area contributed by atoms with Gasteiger partial charge < -0.3 is 41.4 Å². The third kappa shape index (κ3) is 13.4. The lowest BCUT2D eigenvalue weighted by atomic mass is 9.83. The molecule has 0 radical (unpaired) electrons. The van der Waals surface area contributed by atoms with Gasteiger partial charge in [-0.25, -0.2) is 4.79 Å². The molecule has 2 fully saturated rings. The van der Waals surface area contributed by atoms with E-state index in [9.17, 15) is 33.6 Å². The molecule has 0 spiro atoms. The maximum Gasteiger partial charge on any atom is 0.408 e. The molecule has 1 saturated heterocycles. The van der Waals surface area contributed by atoms with Crippen molar-refractivity contribution in [3.63, 3.8) is 0 Å². The molecule has 15 heteroatoms. The lowest BCUT2D eigenvalue weighted by Gasteiger charge is -2.35. The molecular formula is C38H58N6O9. The summed E-state index contributed by atoms with van der Waals surface area (Å²) in [4.78, 5) is 93.8. The van der Waals surface area contributed by atoms with Gasteiger partial charge >= 0.3 is 6.09 Å². The number of likely N-dealkylation sites (tertiary alicyclic amines) is 1. The van der Waals surface area contributed by atoms with E-state index >= 15 is 0 Å². The molecule has 15 nitrogen and oxygen atoms in total. The summed E-state index contributed by atoms with van der Waals surface area (Å²) < 4.78 is 11.7. The van der Waals surface area contributed by atoms with Crippen LogP contribution in [0.5, 0.6) is 0 Å². The smallest absolute Gasteiger partial charge is 0.408 e. The third-order valence-electron chi connectivity index (χ3n) is 8.99. The monoisotopic (exact) mass is 742 g/mol. The predicted molar refractivity (Wildman–Crippen MR) is 196 cm³/mol. The molecule has 1 heterocycles. The number of ether oxygens (including phenoxy) is 2. The van der Waals surface area contributed by atoms with Gasteiger partial charge in [-0.1, -0.05) is 62.9 Å². The van der Waals surface area contributed by atoms with Crippen LogP contribution in [0.4, 0.5) is 4.79 Å². The summed E-state index contributed by atoms with van der Waals surface area (Å²) in [5.41, 5.74) is 4.52. The van der Waals surface area contributed by atoms with E-state index < -0.39 is 89.4 Å². The minimum Gasteiger partial charge on any atom is -0.444 e. The lowest BCUT2D eigenvalue weighted by Crippen LogP contribution is -2.58. The molecular weight excluding hydrogens is 684 g/mol. The average Bonchev–Trinajstić information content (AvgIpc) is 3.50. The highest BCUT2D eigenvalue weighted by atomic mass is 16.6. The van der Waals surface area contributed by atoms with Crippen LogP contribution in [0.1, 0.15) is 111 Å². The van der Waals surface area contributed by atoms with Gasteiger partial charge in [-0.2, -0.15) is 0 Å². The van der Waals surface area contributed by atoms with Crippen molar-refractivity contribution in [2.45, 2.75) is 141 Å². The van der Waals surface area contributed by atoms with Gasteiger partial charge in [-0.05, 0) is 72.3 Å². The number of benzene rings is 1. The van der Waals surface area contributed by atoms with Crippen LogP contribution in [0.2, 0.25) is 0 Å². The fraction of sp³-hybridized carbons (Fsp3) is 0.658. The summed E-state index contributed by atoms with van der Waals surface area (Å²) >= 11 is 0. The van der Waals surface area contributed by atoms with Crippen LogP contribution < -0.4 is 27.0 Å². The molecule has 1 unspecified atom stereocenters. The van der Waals surface area contributed by atoms with Crippen molar-refractivity contribution >= 4 is 41.4 Å². The Hall–Kier alpha value is -4.53. The molecule has 0 bridgehead atoms. The quantitative estimate of drug-likeness (QED) is 0.167. The Morgan fingerprint density at radius 3 is 2.09 bits per heavy atom. The molecule has 6 amide bonds. The Labute approximate surface area is 312 Å². The maximum atomic E-state index is 14.4. The van der Waals surface area contributed by atoms with E-state index in [2.05, 4.69) is 21.3 Å². The summed E-state index contributed by atoms with van der Waals surface area (Å²) in [7, 11) is 0. The number of nitrogens with zero attached hydrogens (tertiary/aromatic N) is 1. The molecule has 3 rings (SSSR count). The first kappa shape index (κ1) is 42.9. The molecule has 1 aliphatic heterocycles. The Kier molecular flexibility index (Phi) is 15.4. The topological polar surface area (TPSA) is 215 Å². The van der Waals surface area contributed by atoms with Gasteiger partial charge in [0.1, 0.15) is 23.7 Å². The van der Waals surface area contributed by atoms with Gasteiger partial charge in [-0.15, -0.1) is 0 Å².